The number of carbonyl (C=O) groups excluding carboxylic acids is 1. The molecule has 21 heavy (non-hydrogen) atoms. The molecule has 0 atom stereocenters. The van der Waals surface area contributed by atoms with Crippen molar-refractivity contribution in [2.24, 2.45) is 0 Å². The normalized spacial score (nSPS) is 10.4. The van der Waals surface area contributed by atoms with E-state index in [1.165, 1.54) is 11.8 Å². The van der Waals surface area contributed by atoms with Crippen LogP contribution in [0.3, 0.4) is 0 Å². The highest BCUT2D eigenvalue weighted by molar-refractivity contribution is 7.99. The van der Waals surface area contributed by atoms with Crippen molar-refractivity contribution in [2.75, 3.05) is 12.9 Å². The summed E-state index contributed by atoms with van der Waals surface area (Å²) in [4.78, 5) is 11.8. The first-order valence-corrected chi connectivity index (χ1v) is 7.61. The third-order valence-electron chi connectivity index (χ3n) is 2.88. The third-order valence-corrected chi connectivity index (χ3v) is 3.86. The fraction of sp³-hybridized carbons (Fsp3) is 0.357. The van der Waals surface area contributed by atoms with E-state index in [1.54, 1.807) is 13.4 Å². The zero-order valence-electron chi connectivity index (χ0n) is 12.1. The highest BCUT2D eigenvalue weighted by Gasteiger charge is 2.07. The number of nitrogens with zero attached hydrogens (tertiary/aromatic N) is 3. The molecule has 2 rings (SSSR count). The predicted molar refractivity (Wildman–Crippen MR) is 81.3 cm³/mol. The number of hydrogen-bond acceptors (Lipinski definition) is 5. The molecule has 0 aliphatic heterocycles. The van der Waals surface area contributed by atoms with Gasteiger partial charge in [-0.05, 0) is 24.6 Å². The highest BCUT2D eigenvalue weighted by Crippen LogP contribution is 2.14. The maximum atomic E-state index is 11.8. The number of amides is 1. The van der Waals surface area contributed by atoms with Gasteiger partial charge in [-0.1, -0.05) is 23.9 Å². The fourth-order valence-corrected chi connectivity index (χ4v) is 2.55. The number of ether oxygens (including phenoxy) is 1. The molecule has 1 N–H and O–H groups in total. The number of aromatic nitrogens is 3. The number of hydrogen-bond donors (Lipinski definition) is 1. The van der Waals surface area contributed by atoms with E-state index in [1.807, 2.05) is 35.8 Å². The van der Waals surface area contributed by atoms with Gasteiger partial charge in [-0.15, -0.1) is 10.2 Å². The molecular weight excluding hydrogens is 288 g/mol. The molecule has 0 spiro atoms. The molecule has 1 aromatic heterocycles. The van der Waals surface area contributed by atoms with Crippen LogP contribution in [0.4, 0.5) is 0 Å². The Kier molecular flexibility index (Phi) is 5.62. The van der Waals surface area contributed by atoms with Crippen LogP contribution >= 0.6 is 11.8 Å². The summed E-state index contributed by atoms with van der Waals surface area (Å²) in [6.45, 7) is 3.29. The number of thioether (sulfide) groups is 1. The lowest BCUT2D eigenvalue weighted by atomic mass is 10.2. The summed E-state index contributed by atoms with van der Waals surface area (Å²) < 4.78 is 7.05. The summed E-state index contributed by atoms with van der Waals surface area (Å²) in [7, 11) is 1.62. The first kappa shape index (κ1) is 15.4. The van der Waals surface area contributed by atoms with Crippen LogP contribution in [-0.2, 0) is 17.9 Å². The Labute approximate surface area is 127 Å². The van der Waals surface area contributed by atoms with Gasteiger partial charge in [0.2, 0.25) is 5.91 Å². The van der Waals surface area contributed by atoms with Crippen molar-refractivity contribution in [3.63, 3.8) is 0 Å². The molecule has 6 nitrogen and oxygen atoms in total. The van der Waals surface area contributed by atoms with Gasteiger partial charge in [0.25, 0.3) is 0 Å². The molecule has 0 saturated heterocycles. The zero-order chi connectivity index (χ0) is 15.1. The SMILES string of the molecule is CCn1cnnc1SCC(=O)NCc1cccc(OC)c1. The third kappa shape index (κ3) is 4.49. The van der Waals surface area contributed by atoms with Crippen LogP contribution in [0.5, 0.6) is 5.75 Å². The summed E-state index contributed by atoms with van der Waals surface area (Å²) >= 11 is 1.38. The van der Waals surface area contributed by atoms with Crippen LogP contribution in [0.15, 0.2) is 35.7 Å². The Morgan fingerprint density at radius 2 is 2.33 bits per heavy atom. The van der Waals surface area contributed by atoms with E-state index in [-0.39, 0.29) is 5.91 Å². The van der Waals surface area contributed by atoms with Crippen LogP contribution in [0, 0.1) is 0 Å². The summed E-state index contributed by atoms with van der Waals surface area (Å²) in [5.74, 6) is 1.07. The van der Waals surface area contributed by atoms with Crippen LogP contribution in [-0.4, -0.2) is 33.5 Å². The lowest BCUT2D eigenvalue weighted by Crippen LogP contribution is -2.24. The van der Waals surface area contributed by atoms with E-state index >= 15 is 0 Å². The molecule has 7 heteroatoms. The predicted octanol–water partition coefficient (Wildman–Crippen LogP) is 1.72. The summed E-state index contributed by atoms with van der Waals surface area (Å²) in [6.07, 6.45) is 1.66. The van der Waals surface area contributed by atoms with Crippen molar-refractivity contribution in [1.82, 2.24) is 20.1 Å². The summed E-state index contributed by atoms with van der Waals surface area (Å²) in [6, 6.07) is 7.63. The minimum absolute atomic E-state index is 0.0338. The van der Waals surface area contributed by atoms with Gasteiger partial charge >= 0.3 is 0 Å². The molecule has 0 saturated carbocycles. The zero-order valence-corrected chi connectivity index (χ0v) is 12.9. The van der Waals surface area contributed by atoms with Crippen LogP contribution in [0.25, 0.3) is 0 Å². The van der Waals surface area contributed by atoms with Gasteiger partial charge in [0.05, 0.1) is 12.9 Å². The highest BCUT2D eigenvalue weighted by atomic mass is 32.2. The number of carbonyl (C=O) groups is 1. The van der Waals surface area contributed by atoms with Gasteiger partial charge < -0.3 is 14.6 Å². The maximum Gasteiger partial charge on any atom is 0.230 e. The Balaban J connectivity index is 1.79. The molecule has 0 bridgehead atoms. The second kappa shape index (κ2) is 7.68. The number of benzene rings is 1. The lowest BCUT2D eigenvalue weighted by molar-refractivity contribution is -0.118. The first-order valence-electron chi connectivity index (χ1n) is 6.63. The van der Waals surface area contributed by atoms with E-state index < -0.39 is 0 Å². The Bertz CT molecular complexity index is 600. The van der Waals surface area contributed by atoms with E-state index in [2.05, 4.69) is 15.5 Å². The molecule has 1 aromatic carbocycles. The molecule has 0 aliphatic carbocycles. The molecule has 0 aliphatic rings. The van der Waals surface area contributed by atoms with Crippen LogP contribution in [0.1, 0.15) is 12.5 Å². The van der Waals surface area contributed by atoms with E-state index in [4.69, 9.17) is 4.74 Å². The molecular formula is C14H18N4O2S. The van der Waals surface area contributed by atoms with Gasteiger partial charge in [-0.2, -0.15) is 0 Å². The van der Waals surface area contributed by atoms with E-state index in [9.17, 15) is 4.79 Å². The van der Waals surface area contributed by atoms with Crippen molar-refractivity contribution < 1.29 is 9.53 Å². The van der Waals surface area contributed by atoms with Gasteiger partial charge in [-0.3, -0.25) is 4.79 Å². The minimum atomic E-state index is -0.0338. The molecule has 0 fully saturated rings. The average Bonchev–Trinajstić information content (AvgIpc) is 2.98. The smallest absolute Gasteiger partial charge is 0.230 e. The maximum absolute atomic E-state index is 11.8. The van der Waals surface area contributed by atoms with Crippen molar-refractivity contribution in [1.29, 1.82) is 0 Å². The molecule has 0 radical (unpaired) electrons. The quantitative estimate of drug-likeness (QED) is 0.789. The molecule has 1 heterocycles. The molecule has 112 valence electrons. The summed E-state index contributed by atoms with van der Waals surface area (Å²) in [5, 5.41) is 11.4. The first-order chi connectivity index (χ1) is 10.2. The van der Waals surface area contributed by atoms with Gasteiger partial charge in [0.15, 0.2) is 5.16 Å². The lowest BCUT2D eigenvalue weighted by Gasteiger charge is -2.07. The van der Waals surface area contributed by atoms with Crippen molar-refractivity contribution in [3.8, 4) is 5.75 Å². The second-order valence-corrected chi connectivity index (χ2v) is 5.26. The van der Waals surface area contributed by atoms with Crippen molar-refractivity contribution in [3.05, 3.63) is 36.2 Å². The number of rotatable bonds is 7. The Morgan fingerprint density at radius 3 is 3.10 bits per heavy atom. The second-order valence-electron chi connectivity index (χ2n) is 4.32. The van der Waals surface area contributed by atoms with Crippen molar-refractivity contribution >= 4 is 17.7 Å². The topological polar surface area (TPSA) is 69.0 Å². The number of methoxy groups -OCH3 is 1. The van der Waals surface area contributed by atoms with Crippen LogP contribution in [0.2, 0.25) is 0 Å². The number of aryl methyl sites for hydroxylation is 1. The van der Waals surface area contributed by atoms with Gasteiger partial charge in [0.1, 0.15) is 12.1 Å². The van der Waals surface area contributed by atoms with Crippen LogP contribution < -0.4 is 10.1 Å². The van der Waals surface area contributed by atoms with Gasteiger partial charge in [-0.25, -0.2) is 0 Å². The fourth-order valence-electron chi connectivity index (χ4n) is 1.74. The van der Waals surface area contributed by atoms with Gasteiger partial charge in [0, 0.05) is 13.1 Å². The summed E-state index contributed by atoms with van der Waals surface area (Å²) in [5.41, 5.74) is 1.00. The van der Waals surface area contributed by atoms with E-state index in [0.717, 1.165) is 23.0 Å². The molecule has 0 unspecified atom stereocenters. The minimum Gasteiger partial charge on any atom is -0.497 e. The Morgan fingerprint density at radius 1 is 1.48 bits per heavy atom. The molecule has 1 amide bonds. The monoisotopic (exact) mass is 306 g/mol. The average molecular weight is 306 g/mol. The number of nitrogens with one attached hydrogen (secondary N) is 1. The largest absolute Gasteiger partial charge is 0.497 e. The standard InChI is InChI=1S/C14H18N4O2S/c1-3-18-10-16-17-14(18)21-9-13(19)15-8-11-5-4-6-12(7-11)20-2/h4-7,10H,3,8-9H2,1-2H3,(H,15,19). The van der Waals surface area contributed by atoms with Crippen molar-refractivity contribution in [2.45, 2.75) is 25.2 Å². The Hall–Kier alpha value is -2.02. The van der Waals surface area contributed by atoms with E-state index in [0.29, 0.717) is 12.3 Å². The molecule has 2 aromatic rings.